The van der Waals surface area contributed by atoms with Crippen LogP contribution >= 0.6 is 11.6 Å². The molecule has 0 bridgehead atoms. The Morgan fingerprint density at radius 3 is 2.69 bits per heavy atom. The zero-order valence-electron chi connectivity index (χ0n) is 9.56. The Labute approximate surface area is 102 Å². The van der Waals surface area contributed by atoms with Gasteiger partial charge in [-0.2, -0.15) is 0 Å². The van der Waals surface area contributed by atoms with Gasteiger partial charge in [0.15, 0.2) is 0 Å². The SMILES string of the molecule is CC(O)C1CCN(Cc2ccc(Cl)cc2)C1. The Bertz CT molecular complexity index is 336. The maximum absolute atomic E-state index is 9.53. The van der Waals surface area contributed by atoms with Crippen LogP contribution in [0.5, 0.6) is 0 Å². The van der Waals surface area contributed by atoms with Crippen LogP contribution < -0.4 is 0 Å². The summed E-state index contributed by atoms with van der Waals surface area (Å²) in [6.45, 7) is 4.93. The first-order valence-corrected chi connectivity index (χ1v) is 6.18. The van der Waals surface area contributed by atoms with E-state index in [9.17, 15) is 5.11 Å². The number of hydrogen-bond acceptors (Lipinski definition) is 2. The topological polar surface area (TPSA) is 23.5 Å². The Balaban J connectivity index is 1.89. The molecule has 1 fully saturated rings. The second-order valence-electron chi connectivity index (χ2n) is 4.65. The minimum atomic E-state index is -0.185. The van der Waals surface area contributed by atoms with Crippen molar-refractivity contribution in [3.8, 4) is 0 Å². The summed E-state index contributed by atoms with van der Waals surface area (Å²) in [5.41, 5.74) is 1.29. The van der Waals surface area contributed by atoms with Gasteiger partial charge in [-0.1, -0.05) is 23.7 Å². The Morgan fingerprint density at radius 2 is 2.12 bits per heavy atom. The van der Waals surface area contributed by atoms with Crippen LogP contribution in [0.4, 0.5) is 0 Å². The monoisotopic (exact) mass is 239 g/mol. The van der Waals surface area contributed by atoms with E-state index in [0.717, 1.165) is 31.1 Å². The van der Waals surface area contributed by atoms with Gasteiger partial charge >= 0.3 is 0 Å². The van der Waals surface area contributed by atoms with E-state index >= 15 is 0 Å². The lowest BCUT2D eigenvalue weighted by atomic mass is 10.0. The van der Waals surface area contributed by atoms with Crippen molar-refractivity contribution in [2.45, 2.75) is 26.0 Å². The molecule has 2 atom stereocenters. The normalized spacial score (nSPS) is 23.6. The number of aliphatic hydroxyl groups is 1. The smallest absolute Gasteiger partial charge is 0.0552 e. The van der Waals surface area contributed by atoms with E-state index in [4.69, 9.17) is 11.6 Å². The lowest BCUT2D eigenvalue weighted by molar-refractivity contribution is 0.127. The Morgan fingerprint density at radius 1 is 1.44 bits per heavy atom. The molecule has 3 heteroatoms. The van der Waals surface area contributed by atoms with Crippen molar-refractivity contribution < 1.29 is 5.11 Å². The first-order chi connectivity index (χ1) is 7.65. The van der Waals surface area contributed by atoms with E-state index in [0.29, 0.717) is 5.92 Å². The van der Waals surface area contributed by atoms with Crippen molar-refractivity contribution >= 4 is 11.6 Å². The van der Waals surface area contributed by atoms with Gasteiger partial charge in [0.25, 0.3) is 0 Å². The minimum absolute atomic E-state index is 0.185. The molecule has 1 saturated heterocycles. The molecule has 2 nitrogen and oxygen atoms in total. The first kappa shape index (κ1) is 11.9. The molecule has 2 unspecified atom stereocenters. The quantitative estimate of drug-likeness (QED) is 0.877. The average Bonchev–Trinajstić information content (AvgIpc) is 2.70. The van der Waals surface area contributed by atoms with Gasteiger partial charge in [-0.25, -0.2) is 0 Å². The Kier molecular flexibility index (Phi) is 3.85. The van der Waals surface area contributed by atoms with Crippen LogP contribution in [0.1, 0.15) is 18.9 Å². The zero-order valence-corrected chi connectivity index (χ0v) is 10.3. The van der Waals surface area contributed by atoms with Gasteiger partial charge in [0.2, 0.25) is 0 Å². The van der Waals surface area contributed by atoms with Crippen molar-refractivity contribution in [1.29, 1.82) is 0 Å². The number of aliphatic hydroxyl groups excluding tert-OH is 1. The van der Waals surface area contributed by atoms with Crippen LogP contribution in [0.25, 0.3) is 0 Å². The summed E-state index contributed by atoms with van der Waals surface area (Å²) in [5, 5.41) is 10.3. The standard InChI is InChI=1S/C13H18ClNO/c1-10(16)12-6-7-15(9-12)8-11-2-4-13(14)5-3-11/h2-5,10,12,16H,6-9H2,1H3. The zero-order chi connectivity index (χ0) is 11.5. The van der Waals surface area contributed by atoms with Gasteiger partial charge < -0.3 is 5.11 Å². The van der Waals surface area contributed by atoms with E-state index in [1.807, 2.05) is 19.1 Å². The highest BCUT2D eigenvalue weighted by atomic mass is 35.5. The maximum Gasteiger partial charge on any atom is 0.0552 e. The second-order valence-corrected chi connectivity index (χ2v) is 5.09. The average molecular weight is 240 g/mol. The van der Waals surface area contributed by atoms with Crippen LogP contribution in [0, 0.1) is 5.92 Å². The maximum atomic E-state index is 9.53. The number of nitrogens with zero attached hydrogens (tertiary/aromatic N) is 1. The summed E-state index contributed by atoms with van der Waals surface area (Å²) in [7, 11) is 0. The van der Waals surface area contributed by atoms with Gasteiger partial charge in [0, 0.05) is 18.1 Å². The number of halogens is 1. The number of benzene rings is 1. The van der Waals surface area contributed by atoms with E-state index in [1.165, 1.54) is 5.56 Å². The molecule has 1 aromatic carbocycles. The van der Waals surface area contributed by atoms with Crippen molar-refractivity contribution in [3.63, 3.8) is 0 Å². The third-order valence-electron chi connectivity index (χ3n) is 3.31. The third-order valence-corrected chi connectivity index (χ3v) is 3.56. The fourth-order valence-electron chi connectivity index (χ4n) is 2.25. The predicted molar refractivity (Wildman–Crippen MR) is 66.5 cm³/mol. The number of likely N-dealkylation sites (tertiary alicyclic amines) is 1. The molecule has 0 amide bonds. The molecule has 88 valence electrons. The van der Waals surface area contributed by atoms with Crippen molar-refractivity contribution in [3.05, 3.63) is 34.9 Å². The van der Waals surface area contributed by atoms with Crippen LogP contribution in [-0.4, -0.2) is 29.2 Å². The lowest BCUT2D eigenvalue weighted by Gasteiger charge is -2.17. The first-order valence-electron chi connectivity index (χ1n) is 5.80. The molecule has 0 aliphatic carbocycles. The molecule has 1 aliphatic heterocycles. The summed E-state index contributed by atoms with van der Waals surface area (Å²) < 4.78 is 0. The molecule has 16 heavy (non-hydrogen) atoms. The highest BCUT2D eigenvalue weighted by Crippen LogP contribution is 2.21. The highest BCUT2D eigenvalue weighted by molar-refractivity contribution is 6.30. The van der Waals surface area contributed by atoms with Crippen LogP contribution in [-0.2, 0) is 6.54 Å². The largest absolute Gasteiger partial charge is 0.393 e. The van der Waals surface area contributed by atoms with E-state index in [1.54, 1.807) is 0 Å². The summed E-state index contributed by atoms with van der Waals surface area (Å²) in [4.78, 5) is 2.39. The highest BCUT2D eigenvalue weighted by Gasteiger charge is 2.25. The van der Waals surface area contributed by atoms with E-state index in [2.05, 4.69) is 17.0 Å². The van der Waals surface area contributed by atoms with Gasteiger partial charge in [0.1, 0.15) is 0 Å². The van der Waals surface area contributed by atoms with Crippen LogP contribution in [0.3, 0.4) is 0 Å². The number of hydrogen-bond donors (Lipinski definition) is 1. The molecule has 0 saturated carbocycles. The molecule has 2 rings (SSSR count). The predicted octanol–water partition coefficient (Wildman–Crippen LogP) is 2.54. The van der Waals surface area contributed by atoms with E-state index < -0.39 is 0 Å². The number of rotatable bonds is 3. The molecule has 0 spiro atoms. The second kappa shape index (κ2) is 5.17. The molecular weight excluding hydrogens is 222 g/mol. The van der Waals surface area contributed by atoms with Gasteiger partial charge in [-0.15, -0.1) is 0 Å². The molecular formula is C13H18ClNO. The molecule has 1 N–H and O–H groups in total. The summed E-state index contributed by atoms with van der Waals surface area (Å²) in [5.74, 6) is 0.437. The van der Waals surface area contributed by atoms with Crippen LogP contribution in [0.15, 0.2) is 24.3 Å². The van der Waals surface area contributed by atoms with Crippen molar-refractivity contribution in [2.24, 2.45) is 5.92 Å². The Hall–Kier alpha value is -0.570. The summed E-state index contributed by atoms with van der Waals surface area (Å²) in [6, 6.07) is 7.99. The molecule has 1 aromatic rings. The summed E-state index contributed by atoms with van der Waals surface area (Å²) >= 11 is 5.85. The van der Waals surface area contributed by atoms with Gasteiger partial charge in [-0.3, -0.25) is 4.90 Å². The third kappa shape index (κ3) is 2.97. The summed E-state index contributed by atoms with van der Waals surface area (Å²) in [6.07, 6.45) is 0.917. The van der Waals surface area contributed by atoms with Crippen molar-refractivity contribution in [2.75, 3.05) is 13.1 Å². The molecule has 0 radical (unpaired) electrons. The van der Waals surface area contributed by atoms with Gasteiger partial charge in [0.05, 0.1) is 6.10 Å². The van der Waals surface area contributed by atoms with E-state index in [-0.39, 0.29) is 6.10 Å². The molecule has 1 aliphatic rings. The van der Waals surface area contributed by atoms with Gasteiger partial charge in [-0.05, 0) is 43.5 Å². The van der Waals surface area contributed by atoms with Crippen LogP contribution in [0.2, 0.25) is 5.02 Å². The fourth-order valence-corrected chi connectivity index (χ4v) is 2.37. The molecule has 1 heterocycles. The molecule has 0 aromatic heterocycles. The fraction of sp³-hybridized carbons (Fsp3) is 0.538. The lowest BCUT2D eigenvalue weighted by Crippen LogP contribution is -2.23. The van der Waals surface area contributed by atoms with Crippen molar-refractivity contribution in [1.82, 2.24) is 4.90 Å². The minimum Gasteiger partial charge on any atom is -0.393 e.